The van der Waals surface area contributed by atoms with E-state index in [0.717, 1.165) is 28.2 Å². The summed E-state index contributed by atoms with van der Waals surface area (Å²) in [5.74, 6) is 0.733. The van der Waals surface area contributed by atoms with E-state index in [-0.39, 0.29) is 24.9 Å². The average molecular weight is 517 g/mol. The van der Waals surface area contributed by atoms with Crippen LogP contribution >= 0.6 is 11.6 Å². The highest BCUT2D eigenvalue weighted by molar-refractivity contribution is 6.33. The van der Waals surface area contributed by atoms with Crippen LogP contribution in [0.25, 0.3) is 45.1 Å². The average Bonchev–Trinajstić information content (AvgIpc) is 3.71. The van der Waals surface area contributed by atoms with Gasteiger partial charge in [-0.25, -0.2) is 9.97 Å². The van der Waals surface area contributed by atoms with E-state index < -0.39 is 6.10 Å². The lowest BCUT2D eigenvalue weighted by Crippen LogP contribution is -2.34. The van der Waals surface area contributed by atoms with Gasteiger partial charge in [0, 0.05) is 29.7 Å². The molecular formula is C26H21ClN6O4. The summed E-state index contributed by atoms with van der Waals surface area (Å²) in [6, 6.07) is 14.0. The number of aromatic nitrogens is 6. The molecule has 0 spiro atoms. The van der Waals surface area contributed by atoms with Crippen LogP contribution in [0.1, 0.15) is 0 Å². The van der Waals surface area contributed by atoms with E-state index in [1.807, 2.05) is 42.6 Å². The normalized spacial score (nSPS) is 23.0. The van der Waals surface area contributed by atoms with Crippen LogP contribution in [0.4, 0.5) is 0 Å². The molecule has 0 radical (unpaired) electrons. The Morgan fingerprint density at radius 2 is 1.76 bits per heavy atom. The van der Waals surface area contributed by atoms with Gasteiger partial charge in [-0.2, -0.15) is 4.98 Å². The van der Waals surface area contributed by atoms with Gasteiger partial charge in [0.25, 0.3) is 6.01 Å². The molecule has 37 heavy (non-hydrogen) atoms. The van der Waals surface area contributed by atoms with E-state index in [0.29, 0.717) is 34.5 Å². The van der Waals surface area contributed by atoms with Gasteiger partial charge in [0.15, 0.2) is 17.6 Å². The Labute approximate surface area is 215 Å². The molecule has 2 saturated heterocycles. The van der Waals surface area contributed by atoms with Crippen LogP contribution in [0.3, 0.4) is 0 Å². The number of hydrogen-bond donors (Lipinski definition) is 3. The Balaban J connectivity index is 1.11. The molecule has 6 heterocycles. The van der Waals surface area contributed by atoms with Gasteiger partial charge in [0.05, 0.1) is 29.4 Å². The van der Waals surface area contributed by atoms with E-state index in [1.165, 1.54) is 0 Å². The van der Waals surface area contributed by atoms with Crippen molar-refractivity contribution in [2.24, 2.45) is 0 Å². The second-order valence-corrected chi connectivity index (χ2v) is 9.41. The third-order valence-corrected chi connectivity index (χ3v) is 6.93. The molecule has 4 atom stereocenters. The second-order valence-electron chi connectivity index (χ2n) is 9.00. The lowest BCUT2D eigenvalue weighted by atomic mass is 10.0. The van der Waals surface area contributed by atoms with Crippen molar-refractivity contribution in [3.05, 3.63) is 66.1 Å². The topological polar surface area (TPSA) is 131 Å². The summed E-state index contributed by atoms with van der Waals surface area (Å²) in [6.45, 7) is 0.553. The summed E-state index contributed by atoms with van der Waals surface area (Å²) in [6.07, 6.45) is 3.59. The summed E-state index contributed by atoms with van der Waals surface area (Å²) in [5.41, 5.74) is 5.42. The lowest BCUT2D eigenvalue weighted by molar-refractivity contribution is 0.00706. The zero-order valence-electron chi connectivity index (χ0n) is 19.3. The van der Waals surface area contributed by atoms with Crippen LogP contribution in [0.2, 0.25) is 5.02 Å². The number of hydrogen-bond acceptors (Lipinski definition) is 8. The third-order valence-electron chi connectivity index (χ3n) is 6.65. The van der Waals surface area contributed by atoms with E-state index in [2.05, 4.69) is 29.9 Å². The Morgan fingerprint density at radius 3 is 2.54 bits per heavy atom. The minimum absolute atomic E-state index is 0.238. The molecule has 0 amide bonds. The third kappa shape index (κ3) is 4.04. The number of fused-ring (bicyclic) bond motifs is 2. The van der Waals surface area contributed by atoms with E-state index >= 15 is 0 Å². The highest BCUT2D eigenvalue weighted by Crippen LogP contribution is 2.33. The van der Waals surface area contributed by atoms with Gasteiger partial charge in [-0.1, -0.05) is 41.9 Å². The van der Waals surface area contributed by atoms with Crippen molar-refractivity contribution >= 4 is 22.8 Å². The lowest BCUT2D eigenvalue weighted by Gasteiger charge is -2.15. The fraction of sp³-hybridized carbons (Fsp3) is 0.231. The highest BCUT2D eigenvalue weighted by atomic mass is 35.5. The molecule has 5 aromatic rings. The molecule has 7 rings (SSSR count). The minimum Gasteiger partial charge on any atom is -0.456 e. The minimum atomic E-state index is -0.638. The number of ether oxygens (including phenoxy) is 3. The predicted octanol–water partition coefficient (Wildman–Crippen LogP) is 3.64. The maximum atomic E-state index is 9.94. The molecule has 2 fully saturated rings. The molecule has 2 aliphatic rings. The number of H-pyrrole nitrogens is 2. The van der Waals surface area contributed by atoms with Crippen molar-refractivity contribution in [2.45, 2.75) is 24.4 Å². The quantitative estimate of drug-likeness (QED) is 0.323. The first kappa shape index (κ1) is 22.4. The van der Waals surface area contributed by atoms with E-state index in [9.17, 15) is 5.11 Å². The van der Waals surface area contributed by atoms with Crippen molar-refractivity contribution in [3.63, 3.8) is 0 Å². The molecule has 1 unspecified atom stereocenters. The van der Waals surface area contributed by atoms with Gasteiger partial charge in [0.1, 0.15) is 24.0 Å². The summed E-state index contributed by atoms with van der Waals surface area (Å²) in [4.78, 5) is 24.1. The number of imidazole rings is 2. The van der Waals surface area contributed by atoms with Crippen molar-refractivity contribution < 1.29 is 19.3 Å². The highest BCUT2D eigenvalue weighted by Gasteiger charge is 2.48. The molecule has 0 saturated carbocycles. The van der Waals surface area contributed by atoms with Crippen LogP contribution in [-0.4, -0.2) is 72.6 Å². The van der Waals surface area contributed by atoms with Gasteiger partial charge in [-0.3, -0.25) is 4.98 Å². The molecule has 0 bridgehead atoms. The number of rotatable bonds is 5. The largest absolute Gasteiger partial charge is 0.456 e. The van der Waals surface area contributed by atoms with Gasteiger partial charge in [0.2, 0.25) is 0 Å². The van der Waals surface area contributed by atoms with Crippen molar-refractivity contribution in [2.75, 3.05) is 13.2 Å². The smallest absolute Gasteiger partial charge is 0.296 e. The Morgan fingerprint density at radius 1 is 0.946 bits per heavy atom. The first-order chi connectivity index (χ1) is 18.1. The number of aliphatic hydroxyl groups is 1. The van der Waals surface area contributed by atoms with E-state index in [4.69, 9.17) is 25.8 Å². The number of nitrogens with zero attached hydrogens (tertiary/aromatic N) is 4. The zero-order valence-corrected chi connectivity index (χ0v) is 20.1. The molecule has 1 aromatic carbocycles. The number of aliphatic hydroxyl groups excluding tert-OH is 1. The molecule has 3 N–H and O–H groups in total. The Hall–Kier alpha value is -3.83. The van der Waals surface area contributed by atoms with Crippen LogP contribution in [0, 0.1) is 0 Å². The number of halogens is 1. The molecule has 11 heteroatoms. The molecule has 10 nitrogen and oxygen atoms in total. The van der Waals surface area contributed by atoms with Crippen LogP contribution < -0.4 is 4.74 Å². The molecule has 186 valence electrons. The summed E-state index contributed by atoms with van der Waals surface area (Å²) in [5, 5.41) is 10.4. The Bertz CT molecular complexity index is 1560. The van der Waals surface area contributed by atoms with Crippen molar-refractivity contribution in [1.82, 2.24) is 29.9 Å². The molecular weight excluding hydrogens is 496 g/mol. The van der Waals surface area contributed by atoms with Gasteiger partial charge >= 0.3 is 0 Å². The number of nitrogens with one attached hydrogen (secondary N) is 2. The molecule has 4 aromatic heterocycles. The van der Waals surface area contributed by atoms with Crippen molar-refractivity contribution in [3.8, 4) is 39.9 Å². The molecule has 2 aliphatic heterocycles. The standard InChI is InChI=1S/C26H21ClN6O4/c27-16-9-18-25(33-26(31-18)37-20-12-36-22-19(34)11-35-23(20)22)32-21(16)14-3-1-13(2-4-14)15-5-6-17(30-10-15)24-28-7-8-29-24/h1-10,19-20,22-23,34H,11-12H2,(H,28,29)(H,31,32,33)/t19-,20-,22?,23-/m1/s1. The zero-order chi connectivity index (χ0) is 24.9. The fourth-order valence-corrected chi connectivity index (χ4v) is 5.03. The maximum absolute atomic E-state index is 9.94. The Kier molecular flexibility index (Phi) is 5.40. The van der Waals surface area contributed by atoms with Crippen molar-refractivity contribution in [1.29, 1.82) is 0 Å². The monoisotopic (exact) mass is 516 g/mol. The van der Waals surface area contributed by atoms with Gasteiger partial charge < -0.3 is 29.3 Å². The molecule has 0 aliphatic carbocycles. The summed E-state index contributed by atoms with van der Waals surface area (Å²) < 4.78 is 17.2. The number of aromatic amines is 2. The van der Waals surface area contributed by atoms with E-state index in [1.54, 1.807) is 18.5 Å². The van der Waals surface area contributed by atoms with Crippen LogP contribution in [0.15, 0.2) is 61.1 Å². The van der Waals surface area contributed by atoms with Gasteiger partial charge in [-0.05, 0) is 17.7 Å². The first-order valence-electron chi connectivity index (χ1n) is 11.8. The van der Waals surface area contributed by atoms with Crippen LogP contribution in [-0.2, 0) is 9.47 Å². The number of benzene rings is 1. The second kappa shape index (κ2) is 8.93. The van der Waals surface area contributed by atoms with Crippen LogP contribution in [0.5, 0.6) is 6.01 Å². The maximum Gasteiger partial charge on any atom is 0.296 e. The summed E-state index contributed by atoms with van der Waals surface area (Å²) >= 11 is 6.59. The SMILES string of the molecule is O[C@@H]1CO[C@H]2C1OC[C@H]2Oc1nc2nc(-c3ccc(-c4ccc(-c5ncc[nH]5)nc4)cc3)c(Cl)cc2[nH]1. The predicted molar refractivity (Wildman–Crippen MR) is 135 cm³/mol. The number of pyridine rings is 2. The fourth-order valence-electron chi connectivity index (χ4n) is 4.77. The first-order valence-corrected chi connectivity index (χ1v) is 12.2. The summed E-state index contributed by atoms with van der Waals surface area (Å²) in [7, 11) is 0. The van der Waals surface area contributed by atoms with Gasteiger partial charge in [-0.15, -0.1) is 0 Å².